The number of hydrogen-bond acceptors (Lipinski definition) is 5. The molecule has 0 unspecified atom stereocenters. The SMILES string of the molecule is CCc1cnc(OCC(C)C)c(C2(C(=O)NS(=O)(=O)c3cccc4[nH]ccc34)CC2)c1. The van der Waals surface area contributed by atoms with E-state index >= 15 is 0 Å². The van der Waals surface area contributed by atoms with Gasteiger partial charge in [-0.25, -0.2) is 18.1 Å². The molecule has 1 aliphatic carbocycles. The van der Waals surface area contributed by atoms with E-state index in [1.807, 2.05) is 26.8 Å². The average Bonchev–Trinajstić information content (AvgIpc) is 3.41. The van der Waals surface area contributed by atoms with E-state index in [4.69, 9.17) is 4.74 Å². The Morgan fingerprint density at radius 2 is 2.06 bits per heavy atom. The van der Waals surface area contributed by atoms with E-state index in [0.29, 0.717) is 47.7 Å². The number of H-pyrrole nitrogens is 1. The number of aromatic amines is 1. The molecule has 1 amide bonds. The lowest BCUT2D eigenvalue weighted by atomic mass is 9.94. The Labute approximate surface area is 182 Å². The van der Waals surface area contributed by atoms with Crippen molar-refractivity contribution in [3.8, 4) is 5.88 Å². The summed E-state index contributed by atoms with van der Waals surface area (Å²) in [4.78, 5) is 20.8. The lowest BCUT2D eigenvalue weighted by Gasteiger charge is -2.20. The van der Waals surface area contributed by atoms with Crippen LogP contribution >= 0.6 is 0 Å². The summed E-state index contributed by atoms with van der Waals surface area (Å²) in [7, 11) is -4.04. The van der Waals surface area contributed by atoms with E-state index in [-0.39, 0.29) is 4.90 Å². The molecule has 8 heteroatoms. The molecular weight excluding hydrogens is 414 g/mol. The van der Waals surface area contributed by atoms with Gasteiger partial charge >= 0.3 is 0 Å². The van der Waals surface area contributed by atoms with Gasteiger partial charge in [-0.1, -0.05) is 26.8 Å². The second-order valence-corrected chi connectivity index (χ2v) is 10.1. The fraction of sp³-hybridized carbons (Fsp3) is 0.391. The van der Waals surface area contributed by atoms with Crippen molar-refractivity contribution in [1.29, 1.82) is 0 Å². The summed E-state index contributed by atoms with van der Waals surface area (Å²) in [6.07, 6.45) is 5.28. The Bertz CT molecular complexity index is 1230. The van der Waals surface area contributed by atoms with Gasteiger partial charge in [-0.2, -0.15) is 0 Å². The number of carbonyl (C=O) groups excluding carboxylic acids is 1. The zero-order valence-electron chi connectivity index (χ0n) is 17.9. The summed E-state index contributed by atoms with van der Waals surface area (Å²) < 4.78 is 34.4. The first-order valence-electron chi connectivity index (χ1n) is 10.5. The molecule has 31 heavy (non-hydrogen) atoms. The Morgan fingerprint density at radius 3 is 2.74 bits per heavy atom. The van der Waals surface area contributed by atoms with Gasteiger partial charge in [-0.3, -0.25) is 4.79 Å². The van der Waals surface area contributed by atoms with Crippen LogP contribution < -0.4 is 9.46 Å². The van der Waals surface area contributed by atoms with Crippen molar-refractivity contribution in [3.05, 3.63) is 53.9 Å². The monoisotopic (exact) mass is 441 g/mol. The number of rotatable bonds is 8. The number of amides is 1. The highest BCUT2D eigenvalue weighted by molar-refractivity contribution is 7.90. The quantitative estimate of drug-likeness (QED) is 0.555. The largest absolute Gasteiger partial charge is 0.477 e. The van der Waals surface area contributed by atoms with Crippen molar-refractivity contribution < 1.29 is 17.9 Å². The van der Waals surface area contributed by atoms with Gasteiger partial charge in [0, 0.05) is 28.9 Å². The number of pyridine rings is 1. The molecule has 2 heterocycles. The number of hydrogen-bond donors (Lipinski definition) is 2. The third-order valence-corrected chi connectivity index (χ3v) is 7.03. The molecule has 4 rings (SSSR count). The molecule has 1 fully saturated rings. The molecule has 7 nitrogen and oxygen atoms in total. The Balaban J connectivity index is 1.67. The summed E-state index contributed by atoms with van der Waals surface area (Å²) in [5.41, 5.74) is 1.40. The number of nitrogens with one attached hydrogen (secondary N) is 2. The van der Waals surface area contributed by atoms with Crippen LogP contribution in [-0.2, 0) is 26.7 Å². The van der Waals surface area contributed by atoms with Crippen molar-refractivity contribution >= 4 is 26.8 Å². The minimum absolute atomic E-state index is 0.0760. The van der Waals surface area contributed by atoms with E-state index in [9.17, 15) is 13.2 Å². The van der Waals surface area contributed by atoms with Gasteiger partial charge < -0.3 is 9.72 Å². The van der Waals surface area contributed by atoms with Crippen LogP contribution in [0.25, 0.3) is 10.9 Å². The van der Waals surface area contributed by atoms with Crippen LogP contribution in [0, 0.1) is 5.92 Å². The second kappa shape index (κ2) is 8.00. The number of nitrogens with zero attached hydrogens (tertiary/aromatic N) is 1. The zero-order valence-corrected chi connectivity index (χ0v) is 18.8. The van der Waals surface area contributed by atoms with Crippen LogP contribution in [0.4, 0.5) is 0 Å². The normalized spacial score (nSPS) is 15.2. The minimum Gasteiger partial charge on any atom is -0.477 e. The van der Waals surface area contributed by atoms with Crippen LogP contribution in [0.5, 0.6) is 5.88 Å². The number of aromatic nitrogens is 2. The Morgan fingerprint density at radius 1 is 1.29 bits per heavy atom. The van der Waals surface area contributed by atoms with Gasteiger partial charge in [-0.05, 0) is 55.0 Å². The smallest absolute Gasteiger partial charge is 0.264 e. The summed E-state index contributed by atoms with van der Waals surface area (Å²) in [6, 6.07) is 8.56. The van der Waals surface area contributed by atoms with Crippen LogP contribution in [0.1, 0.15) is 44.7 Å². The van der Waals surface area contributed by atoms with E-state index in [2.05, 4.69) is 14.7 Å². The molecule has 0 saturated heterocycles. The Hall–Kier alpha value is -2.87. The van der Waals surface area contributed by atoms with Crippen LogP contribution in [0.3, 0.4) is 0 Å². The molecule has 2 aromatic heterocycles. The topological polar surface area (TPSA) is 101 Å². The molecule has 0 aliphatic heterocycles. The molecule has 0 spiro atoms. The van der Waals surface area contributed by atoms with Gasteiger partial charge in [0.2, 0.25) is 11.8 Å². The first-order valence-corrected chi connectivity index (χ1v) is 12.0. The van der Waals surface area contributed by atoms with E-state index in [1.165, 1.54) is 6.07 Å². The molecule has 0 radical (unpaired) electrons. The Kier molecular flexibility index (Phi) is 5.51. The maximum absolute atomic E-state index is 13.3. The molecular formula is C23H27N3O4S. The summed E-state index contributed by atoms with van der Waals surface area (Å²) in [5.74, 6) is 0.167. The molecule has 1 aromatic carbocycles. The van der Waals surface area contributed by atoms with Crippen molar-refractivity contribution in [2.24, 2.45) is 5.92 Å². The van der Waals surface area contributed by atoms with Crippen molar-refractivity contribution in [2.75, 3.05) is 6.61 Å². The minimum atomic E-state index is -4.04. The number of sulfonamides is 1. The second-order valence-electron chi connectivity index (χ2n) is 8.47. The lowest BCUT2D eigenvalue weighted by Crippen LogP contribution is -2.39. The molecule has 0 bridgehead atoms. The van der Waals surface area contributed by atoms with E-state index < -0.39 is 21.3 Å². The standard InChI is InChI=1S/C23H27N3O4S/c1-4-16-12-18(21(25-13-16)30-14-15(2)3)23(9-10-23)22(27)26-31(28,29)20-7-5-6-19-17(20)8-11-24-19/h5-8,11-13,15,24H,4,9-10,14H2,1-3H3,(H,26,27). The number of ether oxygens (including phenoxy) is 1. The van der Waals surface area contributed by atoms with Crippen molar-refractivity contribution in [2.45, 2.75) is 50.3 Å². The maximum Gasteiger partial charge on any atom is 0.264 e. The number of carbonyl (C=O) groups is 1. The highest BCUT2D eigenvalue weighted by Crippen LogP contribution is 2.51. The van der Waals surface area contributed by atoms with Crippen molar-refractivity contribution in [1.82, 2.24) is 14.7 Å². The van der Waals surface area contributed by atoms with Crippen LogP contribution in [0.2, 0.25) is 0 Å². The lowest BCUT2D eigenvalue weighted by molar-refractivity contribution is -0.121. The molecule has 3 aromatic rings. The predicted octanol–water partition coefficient (Wildman–Crippen LogP) is 3.70. The molecule has 0 atom stereocenters. The molecule has 1 aliphatic rings. The molecule has 2 N–H and O–H groups in total. The number of benzene rings is 1. The van der Waals surface area contributed by atoms with Crippen LogP contribution in [-0.4, -0.2) is 30.9 Å². The number of aryl methyl sites for hydroxylation is 1. The number of fused-ring (bicyclic) bond motifs is 1. The van der Waals surface area contributed by atoms with Gasteiger partial charge in [0.15, 0.2) is 0 Å². The fourth-order valence-electron chi connectivity index (χ4n) is 3.70. The molecule has 1 saturated carbocycles. The third kappa shape index (κ3) is 4.04. The molecule has 164 valence electrons. The first kappa shape index (κ1) is 21.4. The highest BCUT2D eigenvalue weighted by atomic mass is 32.2. The predicted molar refractivity (Wildman–Crippen MR) is 118 cm³/mol. The van der Waals surface area contributed by atoms with E-state index in [1.54, 1.807) is 30.6 Å². The summed E-state index contributed by atoms with van der Waals surface area (Å²) in [6.45, 7) is 6.55. The van der Waals surface area contributed by atoms with Gasteiger partial charge in [-0.15, -0.1) is 0 Å². The maximum atomic E-state index is 13.3. The highest BCUT2D eigenvalue weighted by Gasteiger charge is 2.54. The van der Waals surface area contributed by atoms with Gasteiger partial charge in [0.1, 0.15) is 0 Å². The van der Waals surface area contributed by atoms with Gasteiger partial charge in [0.25, 0.3) is 10.0 Å². The summed E-state index contributed by atoms with van der Waals surface area (Å²) >= 11 is 0. The van der Waals surface area contributed by atoms with Crippen LogP contribution in [0.15, 0.2) is 47.6 Å². The van der Waals surface area contributed by atoms with E-state index in [0.717, 1.165) is 12.0 Å². The summed E-state index contributed by atoms with van der Waals surface area (Å²) in [5, 5.41) is 0.545. The van der Waals surface area contributed by atoms with Gasteiger partial charge in [0.05, 0.1) is 16.9 Å². The van der Waals surface area contributed by atoms with Crippen molar-refractivity contribution in [3.63, 3.8) is 0 Å². The third-order valence-electron chi connectivity index (χ3n) is 5.64. The average molecular weight is 442 g/mol. The fourth-order valence-corrected chi connectivity index (χ4v) is 4.98. The zero-order chi connectivity index (χ0) is 22.2. The first-order chi connectivity index (χ1) is 14.8.